The van der Waals surface area contributed by atoms with Crippen molar-refractivity contribution >= 4 is 17.4 Å². The molecule has 13 heteroatoms. The number of aryl methyl sites for hydroxylation is 2. The lowest BCUT2D eigenvalue weighted by Gasteiger charge is -2.50. The Labute approximate surface area is 207 Å². The Kier molecular flexibility index (Phi) is 7.41. The van der Waals surface area contributed by atoms with Gasteiger partial charge in [-0.3, -0.25) is 9.88 Å². The number of alkyl halides is 6. The summed E-state index contributed by atoms with van der Waals surface area (Å²) in [6.07, 6.45) is -11.7. The highest BCUT2D eigenvalue weighted by Crippen LogP contribution is 2.59. The first-order chi connectivity index (χ1) is 16.4. The lowest BCUT2D eigenvalue weighted by Crippen LogP contribution is -2.77. The molecule has 200 valence electrons. The van der Waals surface area contributed by atoms with E-state index in [-0.39, 0.29) is 13.0 Å². The topological polar surface area (TPSA) is 71.2 Å². The Morgan fingerprint density at radius 3 is 2.25 bits per heavy atom. The number of nitrogens with one attached hydrogen (secondary N) is 1. The molecule has 0 saturated carbocycles. The largest absolute Gasteiger partial charge is 0.421 e. The van der Waals surface area contributed by atoms with Crippen LogP contribution >= 0.6 is 11.3 Å². The highest BCUT2D eigenvalue weighted by atomic mass is 32.1. The van der Waals surface area contributed by atoms with Crippen molar-refractivity contribution in [2.45, 2.75) is 63.5 Å². The van der Waals surface area contributed by atoms with Gasteiger partial charge in [0.15, 0.2) is 5.13 Å². The molecule has 36 heavy (non-hydrogen) atoms. The Morgan fingerprint density at radius 2 is 1.78 bits per heavy atom. The number of likely N-dealkylation sites (tertiary alicyclic amines) is 1. The van der Waals surface area contributed by atoms with Crippen molar-refractivity contribution < 1.29 is 35.5 Å². The number of aromatic nitrogens is 1. The van der Waals surface area contributed by atoms with Crippen molar-refractivity contribution in [1.29, 1.82) is 0 Å². The molecule has 0 bridgehead atoms. The Balaban J connectivity index is 2.14. The van der Waals surface area contributed by atoms with Gasteiger partial charge in [0.2, 0.25) is 5.54 Å². The number of carbonyl (C=O) groups excluding carboxylic acids is 1. The van der Waals surface area contributed by atoms with Crippen LogP contribution in [0.2, 0.25) is 0 Å². The molecule has 2 aromatic rings. The van der Waals surface area contributed by atoms with E-state index in [1.165, 1.54) is 17.2 Å². The number of hydrogen-bond donors (Lipinski definition) is 2. The van der Waals surface area contributed by atoms with Gasteiger partial charge in [0.05, 0.1) is 0 Å². The number of carbonyl (C=O) groups is 1. The first-order valence-corrected chi connectivity index (χ1v) is 11.9. The van der Waals surface area contributed by atoms with Crippen LogP contribution < -0.4 is 11.1 Å². The predicted octanol–water partition coefficient (Wildman–Crippen LogP) is 5.68. The summed E-state index contributed by atoms with van der Waals surface area (Å²) < 4.78 is 101. The molecule has 5 nitrogen and oxygen atoms in total. The monoisotopic (exact) mass is 540 g/mol. The Bertz CT molecular complexity index is 1070. The van der Waals surface area contributed by atoms with Crippen molar-refractivity contribution in [1.82, 2.24) is 15.2 Å². The number of thiophene rings is 1. The van der Waals surface area contributed by atoms with E-state index in [0.29, 0.717) is 27.5 Å². The van der Waals surface area contributed by atoms with Crippen LogP contribution in [0.4, 0.5) is 35.5 Å². The average molecular weight is 541 g/mol. The van der Waals surface area contributed by atoms with Gasteiger partial charge in [-0.15, -0.1) is 11.3 Å². The summed E-state index contributed by atoms with van der Waals surface area (Å²) in [6.45, 7) is 4.36. The first-order valence-electron chi connectivity index (χ1n) is 11.1. The molecule has 0 aliphatic carbocycles. The number of hydrogen-bond acceptors (Lipinski definition) is 4. The third-order valence-electron chi connectivity index (χ3n) is 7.20. The van der Waals surface area contributed by atoms with E-state index in [2.05, 4.69) is 4.98 Å². The molecular weight excluding hydrogens is 513 g/mol. The number of rotatable bonds is 7. The minimum absolute atomic E-state index is 0.117. The minimum atomic E-state index is -5.92. The van der Waals surface area contributed by atoms with Gasteiger partial charge >= 0.3 is 18.4 Å². The maximum Gasteiger partial charge on any atom is 0.421 e. The zero-order valence-electron chi connectivity index (χ0n) is 19.9. The summed E-state index contributed by atoms with van der Waals surface area (Å²) in [5.74, 6) is 0. The molecule has 0 radical (unpaired) electrons. The summed E-state index contributed by atoms with van der Waals surface area (Å²) in [4.78, 5) is 17.7. The lowest BCUT2D eigenvalue weighted by atomic mass is 9.64. The number of nitrogens with zero attached hydrogens (tertiary/aromatic N) is 2. The lowest BCUT2D eigenvalue weighted by molar-refractivity contribution is -0.337. The van der Waals surface area contributed by atoms with Crippen molar-refractivity contribution in [2.75, 3.05) is 13.1 Å². The molecule has 1 aliphatic rings. The molecule has 0 spiro atoms. The van der Waals surface area contributed by atoms with Gasteiger partial charge in [0.1, 0.15) is 0 Å². The molecule has 0 unspecified atom stereocenters. The van der Waals surface area contributed by atoms with E-state index in [4.69, 9.17) is 5.73 Å². The normalized spacial score (nSPS) is 20.1. The smallest absolute Gasteiger partial charge is 0.352 e. The van der Waals surface area contributed by atoms with Crippen LogP contribution in [-0.2, 0) is 12.0 Å². The average Bonchev–Trinajstić information content (AvgIpc) is 3.36. The molecule has 3 rings (SSSR count). The zero-order valence-corrected chi connectivity index (χ0v) is 20.7. The van der Waals surface area contributed by atoms with Gasteiger partial charge < -0.3 is 11.1 Å². The fourth-order valence-corrected chi connectivity index (χ4v) is 5.86. The maximum absolute atomic E-state index is 14.6. The zero-order chi connectivity index (χ0) is 27.2. The number of pyridine rings is 1. The minimum Gasteiger partial charge on any atom is -0.352 e. The maximum atomic E-state index is 14.6. The molecule has 0 aromatic carbocycles. The van der Waals surface area contributed by atoms with E-state index >= 15 is 0 Å². The predicted molar refractivity (Wildman–Crippen MR) is 121 cm³/mol. The van der Waals surface area contributed by atoms with Crippen molar-refractivity contribution in [3.8, 4) is 0 Å². The quantitative estimate of drug-likeness (QED) is 0.444. The van der Waals surface area contributed by atoms with Gasteiger partial charge in [-0.05, 0) is 70.3 Å². The van der Waals surface area contributed by atoms with E-state index in [1.807, 2.05) is 0 Å². The molecular formula is C23H27F7N4OS. The summed E-state index contributed by atoms with van der Waals surface area (Å²) in [7, 11) is 0. The van der Waals surface area contributed by atoms with Gasteiger partial charge in [-0.25, -0.2) is 4.79 Å². The summed E-state index contributed by atoms with van der Waals surface area (Å²) >= 11 is 0.651. The van der Waals surface area contributed by atoms with E-state index < -0.39 is 59.4 Å². The number of halogens is 7. The fraction of sp³-hybridized carbons (Fsp3) is 0.565. The first kappa shape index (κ1) is 28.2. The molecule has 3 heterocycles. The molecule has 1 aliphatic heterocycles. The van der Waals surface area contributed by atoms with Crippen LogP contribution in [0.25, 0.3) is 0 Å². The van der Waals surface area contributed by atoms with Crippen molar-refractivity contribution in [3.05, 3.63) is 51.7 Å². The second kappa shape index (κ2) is 9.47. The molecule has 2 aromatic heterocycles. The standard InChI is InChI=1S/C23H27F7N4OS/c1-14-4-5-15(12-32-14)19(2,3)34-11-10-20(13-34,9-8-16-6-7-17(24)36-16)21(22(25,26)27,23(28,29)30)33-18(31)35/h4-7,12H,8-11,13H2,1-3H3,(H3,31,33,35)/t20-/m1/s1. The van der Waals surface area contributed by atoms with E-state index in [9.17, 15) is 35.5 Å². The molecule has 1 fully saturated rings. The molecule has 1 saturated heterocycles. The van der Waals surface area contributed by atoms with Crippen LogP contribution in [0.1, 0.15) is 42.8 Å². The highest BCUT2D eigenvalue weighted by molar-refractivity contribution is 7.10. The highest BCUT2D eigenvalue weighted by Gasteiger charge is 2.80. The van der Waals surface area contributed by atoms with Gasteiger partial charge in [0, 0.05) is 34.3 Å². The van der Waals surface area contributed by atoms with Crippen LogP contribution in [0.15, 0.2) is 30.5 Å². The third-order valence-corrected chi connectivity index (χ3v) is 8.13. The second-order valence-electron chi connectivity index (χ2n) is 9.64. The van der Waals surface area contributed by atoms with Crippen molar-refractivity contribution in [2.24, 2.45) is 11.1 Å². The Morgan fingerprint density at radius 1 is 1.14 bits per heavy atom. The SMILES string of the molecule is Cc1ccc(C(C)(C)N2CC[C@@](CCc3ccc(F)s3)(C(NC(N)=O)(C(F)(F)F)C(F)(F)F)C2)cn1. The molecule has 3 N–H and O–H groups in total. The number of amides is 2. The summed E-state index contributed by atoms with van der Waals surface area (Å²) in [5.41, 5.74) is -1.92. The third kappa shape index (κ3) is 4.91. The van der Waals surface area contributed by atoms with Gasteiger partial charge in [-0.2, -0.15) is 30.7 Å². The number of primary amides is 1. The Hall–Kier alpha value is -2.41. The van der Waals surface area contributed by atoms with Crippen LogP contribution in [-0.4, -0.2) is 46.9 Å². The van der Waals surface area contributed by atoms with Crippen LogP contribution in [0.5, 0.6) is 0 Å². The van der Waals surface area contributed by atoms with Gasteiger partial charge in [0.25, 0.3) is 0 Å². The molecule has 2 amide bonds. The summed E-state index contributed by atoms with van der Waals surface area (Å²) in [5, 5.41) is 0.492. The van der Waals surface area contributed by atoms with Crippen LogP contribution in [0.3, 0.4) is 0 Å². The fourth-order valence-electron chi connectivity index (χ4n) is 5.13. The number of urea groups is 1. The summed E-state index contributed by atoms with van der Waals surface area (Å²) in [6, 6.07) is 3.91. The second-order valence-corrected chi connectivity index (χ2v) is 10.8. The van der Waals surface area contributed by atoms with E-state index in [1.54, 1.807) is 32.9 Å². The number of nitrogens with two attached hydrogens (primary N) is 1. The van der Waals surface area contributed by atoms with Crippen molar-refractivity contribution in [3.63, 3.8) is 0 Å². The molecule has 1 atom stereocenters. The van der Waals surface area contributed by atoms with Crippen LogP contribution in [0, 0.1) is 17.5 Å². The van der Waals surface area contributed by atoms with E-state index in [0.717, 1.165) is 11.4 Å². The van der Waals surface area contributed by atoms with Gasteiger partial charge in [-0.1, -0.05) is 6.07 Å².